The molecule has 0 radical (unpaired) electrons. The molecule has 2 aromatic heterocycles. The Balaban J connectivity index is 2.57. The van der Waals surface area contributed by atoms with E-state index in [-0.39, 0.29) is 10.7 Å². The van der Waals surface area contributed by atoms with Crippen molar-refractivity contribution in [2.45, 2.75) is 19.8 Å². The molecule has 0 aliphatic heterocycles. The first kappa shape index (κ1) is 12.5. The third-order valence-corrected chi connectivity index (χ3v) is 2.73. The molecule has 0 aromatic carbocycles. The number of nitrogens with zero attached hydrogens (tertiary/aromatic N) is 4. The number of hydrogen-bond acceptors (Lipinski definition) is 4. The maximum Gasteiger partial charge on any atom is 0.340 e. The van der Waals surface area contributed by atoms with Crippen molar-refractivity contribution < 1.29 is 9.90 Å². The number of aromatic carboxylic acids is 1. The van der Waals surface area contributed by atoms with E-state index in [4.69, 9.17) is 16.7 Å². The molecule has 7 heteroatoms. The maximum absolute atomic E-state index is 11.2. The molecular formula is C11H11ClN4O2. The van der Waals surface area contributed by atoms with E-state index in [2.05, 4.69) is 15.3 Å². The summed E-state index contributed by atoms with van der Waals surface area (Å²) < 4.78 is 1.29. The Morgan fingerprint density at radius 1 is 1.56 bits per heavy atom. The minimum absolute atomic E-state index is 0.0316. The third kappa shape index (κ3) is 2.19. The molecule has 1 N–H and O–H groups in total. The SMILES string of the molecule is CCCc1nn(-c2cccnn2)c(Cl)c1C(=O)O. The molecule has 0 aliphatic rings. The van der Waals surface area contributed by atoms with Crippen LogP contribution in [0.25, 0.3) is 5.82 Å². The molecule has 0 atom stereocenters. The Morgan fingerprint density at radius 2 is 2.33 bits per heavy atom. The van der Waals surface area contributed by atoms with Crippen LogP contribution >= 0.6 is 11.6 Å². The van der Waals surface area contributed by atoms with Crippen LogP contribution in [-0.4, -0.2) is 31.1 Å². The maximum atomic E-state index is 11.2. The molecule has 0 saturated heterocycles. The number of carboxylic acids is 1. The van der Waals surface area contributed by atoms with Gasteiger partial charge in [-0.2, -0.15) is 10.2 Å². The lowest BCUT2D eigenvalue weighted by molar-refractivity contribution is 0.0696. The van der Waals surface area contributed by atoms with Gasteiger partial charge in [-0.05, 0) is 18.6 Å². The number of aryl methyl sites for hydroxylation is 1. The fourth-order valence-electron chi connectivity index (χ4n) is 1.62. The van der Waals surface area contributed by atoms with Gasteiger partial charge in [0.1, 0.15) is 10.7 Å². The second-order valence-corrected chi connectivity index (χ2v) is 4.02. The first-order chi connectivity index (χ1) is 8.65. The van der Waals surface area contributed by atoms with Gasteiger partial charge in [0, 0.05) is 6.20 Å². The predicted molar refractivity (Wildman–Crippen MR) is 65.1 cm³/mol. The highest BCUT2D eigenvalue weighted by molar-refractivity contribution is 6.32. The van der Waals surface area contributed by atoms with Crippen LogP contribution in [0, 0.1) is 0 Å². The topological polar surface area (TPSA) is 80.9 Å². The molecule has 0 aliphatic carbocycles. The van der Waals surface area contributed by atoms with Gasteiger partial charge in [0.15, 0.2) is 5.82 Å². The second kappa shape index (κ2) is 5.14. The zero-order valence-electron chi connectivity index (χ0n) is 9.67. The summed E-state index contributed by atoms with van der Waals surface area (Å²) >= 11 is 6.05. The summed E-state index contributed by atoms with van der Waals surface area (Å²) in [6.07, 6.45) is 2.86. The van der Waals surface area contributed by atoms with Crippen molar-refractivity contribution in [1.29, 1.82) is 0 Å². The van der Waals surface area contributed by atoms with Crippen molar-refractivity contribution >= 4 is 17.6 Å². The van der Waals surface area contributed by atoms with E-state index in [1.165, 1.54) is 10.9 Å². The number of aromatic nitrogens is 4. The Kier molecular flexibility index (Phi) is 3.57. The van der Waals surface area contributed by atoms with E-state index in [0.717, 1.165) is 6.42 Å². The Hall–Kier alpha value is -1.95. The monoisotopic (exact) mass is 266 g/mol. The van der Waals surface area contributed by atoms with Gasteiger partial charge in [0.05, 0.1) is 5.69 Å². The number of hydrogen-bond donors (Lipinski definition) is 1. The van der Waals surface area contributed by atoms with E-state index in [1.54, 1.807) is 12.1 Å². The zero-order chi connectivity index (χ0) is 13.1. The van der Waals surface area contributed by atoms with Crippen LogP contribution in [0.3, 0.4) is 0 Å². The van der Waals surface area contributed by atoms with Crippen molar-refractivity contribution in [1.82, 2.24) is 20.0 Å². The molecule has 6 nitrogen and oxygen atoms in total. The van der Waals surface area contributed by atoms with Crippen molar-refractivity contribution in [3.63, 3.8) is 0 Å². The quantitative estimate of drug-likeness (QED) is 0.915. The summed E-state index contributed by atoms with van der Waals surface area (Å²) in [7, 11) is 0. The molecular weight excluding hydrogens is 256 g/mol. The minimum atomic E-state index is -1.08. The largest absolute Gasteiger partial charge is 0.478 e. The van der Waals surface area contributed by atoms with Gasteiger partial charge in [-0.25, -0.2) is 9.48 Å². The highest BCUT2D eigenvalue weighted by atomic mass is 35.5. The standard InChI is InChI=1S/C11H11ClN4O2/c1-2-4-7-9(11(17)18)10(12)16(15-7)8-5-3-6-13-14-8/h3,5-6H,2,4H2,1H3,(H,17,18). The van der Waals surface area contributed by atoms with E-state index in [9.17, 15) is 4.79 Å². The van der Waals surface area contributed by atoms with Crippen LogP contribution < -0.4 is 0 Å². The van der Waals surface area contributed by atoms with E-state index in [0.29, 0.717) is 17.9 Å². The van der Waals surface area contributed by atoms with Gasteiger partial charge in [-0.15, -0.1) is 5.10 Å². The summed E-state index contributed by atoms with van der Waals surface area (Å²) in [5.74, 6) is -0.689. The first-order valence-corrected chi connectivity index (χ1v) is 5.81. The second-order valence-electron chi connectivity index (χ2n) is 3.66. The molecule has 0 saturated carbocycles. The first-order valence-electron chi connectivity index (χ1n) is 5.44. The molecule has 2 heterocycles. The van der Waals surface area contributed by atoms with Gasteiger partial charge < -0.3 is 5.11 Å². The number of halogens is 1. The van der Waals surface area contributed by atoms with E-state index < -0.39 is 5.97 Å². The zero-order valence-corrected chi connectivity index (χ0v) is 10.4. The Morgan fingerprint density at radius 3 is 2.89 bits per heavy atom. The number of carboxylic acid groups (broad SMARTS) is 1. The van der Waals surface area contributed by atoms with Crippen LogP contribution in [-0.2, 0) is 6.42 Å². The molecule has 0 bridgehead atoms. The lowest BCUT2D eigenvalue weighted by Gasteiger charge is -1.99. The van der Waals surface area contributed by atoms with Crippen molar-refractivity contribution in [2.75, 3.05) is 0 Å². The molecule has 94 valence electrons. The third-order valence-electron chi connectivity index (χ3n) is 2.38. The summed E-state index contributed by atoms with van der Waals surface area (Å²) in [6.45, 7) is 1.95. The van der Waals surface area contributed by atoms with Crippen LogP contribution in [0.2, 0.25) is 5.15 Å². The molecule has 0 fully saturated rings. The van der Waals surface area contributed by atoms with Gasteiger partial charge >= 0.3 is 5.97 Å². The minimum Gasteiger partial charge on any atom is -0.478 e. The van der Waals surface area contributed by atoms with Crippen molar-refractivity contribution in [3.05, 3.63) is 34.7 Å². The fourth-order valence-corrected chi connectivity index (χ4v) is 1.94. The predicted octanol–water partition coefficient (Wildman–Crippen LogP) is 1.97. The number of rotatable bonds is 4. The molecule has 0 amide bonds. The van der Waals surface area contributed by atoms with Gasteiger partial charge in [-0.1, -0.05) is 24.9 Å². The lowest BCUT2D eigenvalue weighted by atomic mass is 10.2. The number of carbonyl (C=O) groups is 1. The van der Waals surface area contributed by atoms with Crippen LogP contribution in [0.5, 0.6) is 0 Å². The Bertz CT molecular complexity index is 568. The van der Waals surface area contributed by atoms with Crippen molar-refractivity contribution in [2.24, 2.45) is 0 Å². The van der Waals surface area contributed by atoms with Gasteiger partial charge in [-0.3, -0.25) is 0 Å². The molecule has 18 heavy (non-hydrogen) atoms. The van der Waals surface area contributed by atoms with Gasteiger partial charge in [0.25, 0.3) is 0 Å². The Labute approximate surface area is 108 Å². The highest BCUT2D eigenvalue weighted by Gasteiger charge is 2.22. The summed E-state index contributed by atoms with van der Waals surface area (Å²) in [5, 5.41) is 21.0. The lowest BCUT2D eigenvalue weighted by Crippen LogP contribution is -2.01. The van der Waals surface area contributed by atoms with Crippen molar-refractivity contribution in [3.8, 4) is 5.82 Å². The van der Waals surface area contributed by atoms with Crippen LogP contribution in [0.15, 0.2) is 18.3 Å². The fraction of sp³-hybridized carbons (Fsp3) is 0.273. The highest BCUT2D eigenvalue weighted by Crippen LogP contribution is 2.23. The summed E-state index contributed by atoms with van der Waals surface area (Å²) in [6, 6.07) is 3.34. The summed E-state index contributed by atoms with van der Waals surface area (Å²) in [5.41, 5.74) is 0.491. The molecule has 0 unspecified atom stereocenters. The molecule has 2 aromatic rings. The smallest absolute Gasteiger partial charge is 0.340 e. The van der Waals surface area contributed by atoms with Gasteiger partial charge in [0.2, 0.25) is 0 Å². The normalized spacial score (nSPS) is 10.6. The van der Waals surface area contributed by atoms with Crippen LogP contribution in [0.4, 0.5) is 0 Å². The van der Waals surface area contributed by atoms with Crippen LogP contribution in [0.1, 0.15) is 29.4 Å². The molecule has 0 spiro atoms. The molecule has 2 rings (SSSR count). The summed E-state index contributed by atoms with van der Waals surface area (Å²) in [4.78, 5) is 11.2. The van der Waals surface area contributed by atoms with E-state index >= 15 is 0 Å². The average Bonchev–Trinajstić information content (AvgIpc) is 2.68. The average molecular weight is 267 g/mol. The van der Waals surface area contributed by atoms with E-state index in [1.807, 2.05) is 6.92 Å².